The van der Waals surface area contributed by atoms with Gasteiger partial charge in [-0.1, -0.05) is 30.3 Å². The summed E-state index contributed by atoms with van der Waals surface area (Å²) in [5.74, 6) is 0.704. The third kappa shape index (κ3) is 6.08. The molecule has 1 heterocycles. The number of thioether (sulfide) groups is 1. The lowest BCUT2D eigenvalue weighted by Crippen LogP contribution is -2.48. The third-order valence-corrected chi connectivity index (χ3v) is 4.29. The number of nitrogens with one attached hydrogen (secondary N) is 1. The average Bonchev–Trinajstić information content (AvgIpc) is 2.50. The fourth-order valence-electron chi connectivity index (χ4n) is 2.55. The van der Waals surface area contributed by atoms with E-state index < -0.39 is 0 Å². The number of carbonyl (C=O) groups excluding carboxylic acids is 1. The highest BCUT2D eigenvalue weighted by atomic mass is 32.2. The molecule has 1 aliphatic rings. The second kappa shape index (κ2) is 9.07. The van der Waals surface area contributed by atoms with Gasteiger partial charge in [0.25, 0.3) is 0 Å². The van der Waals surface area contributed by atoms with Crippen molar-refractivity contribution in [1.82, 2.24) is 15.1 Å². The molecule has 1 aromatic carbocycles. The minimum atomic E-state index is 0.144. The Morgan fingerprint density at radius 2 is 1.81 bits per heavy atom. The second-order valence-corrected chi connectivity index (χ2v) is 6.25. The van der Waals surface area contributed by atoms with Crippen LogP contribution in [0.1, 0.15) is 5.56 Å². The molecule has 0 spiro atoms. The van der Waals surface area contributed by atoms with Crippen LogP contribution in [0.25, 0.3) is 0 Å². The molecule has 1 aromatic rings. The van der Waals surface area contributed by atoms with E-state index in [1.807, 2.05) is 6.26 Å². The fourth-order valence-corrected chi connectivity index (χ4v) is 2.91. The summed E-state index contributed by atoms with van der Waals surface area (Å²) in [6, 6.07) is 10.6. The van der Waals surface area contributed by atoms with Crippen molar-refractivity contribution < 1.29 is 4.79 Å². The minimum absolute atomic E-state index is 0.144. The van der Waals surface area contributed by atoms with Gasteiger partial charge in [0.05, 0.1) is 5.75 Å². The van der Waals surface area contributed by atoms with Crippen molar-refractivity contribution in [3.63, 3.8) is 0 Å². The summed E-state index contributed by atoms with van der Waals surface area (Å²) in [7, 11) is 0. The topological polar surface area (TPSA) is 35.6 Å². The Kier molecular flexibility index (Phi) is 7.06. The molecule has 116 valence electrons. The van der Waals surface area contributed by atoms with Crippen LogP contribution in [0.15, 0.2) is 30.3 Å². The smallest absolute Gasteiger partial charge is 0.230 e. The van der Waals surface area contributed by atoms with Gasteiger partial charge in [-0.3, -0.25) is 14.6 Å². The van der Waals surface area contributed by atoms with Crippen LogP contribution in [0, 0.1) is 0 Å². The van der Waals surface area contributed by atoms with Crippen LogP contribution in [0.4, 0.5) is 0 Å². The van der Waals surface area contributed by atoms with Crippen molar-refractivity contribution in [1.29, 1.82) is 0 Å². The molecule has 1 saturated heterocycles. The van der Waals surface area contributed by atoms with Crippen LogP contribution in [0.3, 0.4) is 0 Å². The summed E-state index contributed by atoms with van der Waals surface area (Å²) in [4.78, 5) is 16.3. The molecule has 0 saturated carbocycles. The standard InChI is InChI=1S/C16H25N3OS/c1-21-14-16(20)17-7-8-18-9-11-19(12-10-18)13-15-5-3-2-4-6-15/h2-6H,7-14H2,1H3,(H,17,20). The predicted molar refractivity (Wildman–Crippen MR) is 89.6 cm³/mol. The van der Waals surface area contributed by atoms with Gasteiger partial charge in [-0.15, -0.1) is 0 Å². The molecule has 0 atom stereocenters. The zero-order chi connectivity index (χ0) is 14.9. The maximum Gasteiger partial charge on any atom is 0.230 e. The van der Waals surface area contributed by atoms with E-state index in [-0.39, 0.29) is 5.91 Å². The first-order chi connectivity index (χ1) is 10.3. The van der Waals surface area contributed by atoms with Crippen molar-refractivity contribution in [3.8, 4) is 0 Å². The van der Waals surface area contributed by atoms with Crippen LogP contribution in [0.2, 0.25) is 0 Å². The Hall–Kier alpha value is -1.04. The number of rotatable bonds is 7. The lowest BCUT2D eigenvalue weighted by atomic mass is 10.2. The minimum Gasteiger partial charge on any atom is -0.354 e. The maximum absolute atomic E-state index is 11.4. The summed E-state index contributed by atoms with van der Waals surface area (Å²) in [6.07, 6.45) is 1.95. The van der Waals surface area contributed by atoms with Crippen LogP contribution < -0.4 is 5.32 Å². The number of carbonyl (C=O) groups is 1. The molecular formula is C16H25N3OS. The van der Waals surface area contributed by atoms with Gasteiger partial charge in [0.15, 0.2) is 0 Å². The van der Waals surface area contributed by atoms with Gasteiger partial charge in [0, 0.05) is 45.8 Å². The Morgan fingerprint density at radius 3 is 2.48 bits per heavy atom. The average molecular weight is 307 g/mol. The molecule has 0 radical (unpaired) electrons. The SMILES string of the molecule is CSCC(=O)NCCN1CCN(Cc2ccccc2)CC1. The monoisotopic (exact) mass is 307 g/mol. The quantitative estimate of drug-likeness (QED) is 0.823. The van der Waals surface area contributed by atoms with Gasteiger partial charge in [-0.2, -0.15) is 11.8 Å². The molecule has 0 unspecified atom stereocenters. The molecule has 4 nitrogen and oxygen atoms in total. The van der Waals surface area contributed by atoms with Gasteiger partial charge in [-0.25, -0.2) is 0 Å². The van der Waals surface area contributed by atoms with Crippen molar-refractivity contribution >= 4 is 17.7 Å². The van der Waals surface area contributed by atoms with Gasteiger partial charge < -0.3 is 5.32 Å². The number of amides is 1. The Bertz CT molecular complexity index is 419. The third-order valence-electron chi connectivity index (χ3n) is 3.74. The molecule has 1 fully saturated rings. The van der Waals surface area contributed by atoms with Crippen LogP contribution in [0.5, 0.6) is 0 Å². The van der Waals surface area contributed by atoms with E-state index >= 15 is 0 Å². The number of hydrogen-bond donors (Lipinski definition) is 1. The van der Waals surface area contributed by atoms with Crippen LogP contribution in [-0.2, 0) is 11.3 Å². The number of piperazine rings is 1. The molecule has 0 aliphatic carbocycles. The molecule has 21 heavy (non-hydrogen) atoms. The molecule has 0 bridgehead atoms. The van der Waals surface area contributed by atoms with E-state index in [9.17, 15) is 4.79 Å². The summed E-state index contributed by atoms with van der Waals surface area (Å²) in [6.45, 7) is 7.15. The first kappa shape index (κ1) is 16.3. The van der Waals surface area contributed by atoms with Crippen molar-refractivity contribution in [2.24, 2.45) is 0 Å². The summed E-state index contributed by atoms with van der Waals surface area (Å²) in [5.41, 5.74) is 1.38. The largest absolute Gasteiger partial charge is 0.354 e. The number of nitrogens with zero attached hydrogens (tertiary/aromatic N) is 2. The van der Waals surface area contributed by atoms with Crippen molar-refractivity contribution in [3.05, 3.63) is 35.9 Å². The van der Waals surface area contributed by atoms with Gasteiger partial charge >= 0.3 is 0 Å². The van der Waals surface area contributed by atoms with E-state index in [1.165, 1.54) is 5.56 Å². The lowest BCUT2D eigenvalue weighted by molar-refractivity contribution is -0.118. The highest BCUT2D eigenvalue weighted by molar-refractivity contribution is 7.99. The number of benzene rings is 1. The Labute approximate surface area is 131 Å². The summed E-state index contributed by atoms with van der Waals surface area (Å²) < 4.78 is 0. The van der Waals surface area contributed by atoms with E-state index in [2.05, 4.69) is 45.4 Å². The first-order valence-electron chi connectivity index (χ1n) is 7.52. The molecule has 1 N–H and O–H groups in total. The van der Waals surface area contributed by atoms with Crippen molar-refractivity contribution in [2.45, 2.75) is 6.54 Å². The second-order valence-electron chi connectivity index (χ2n) is 5.39. The fraction of sp³-hybridized carbons (Fsp3) is 0.562. The normalized spacial score (nSPS) is 16.8. The Morgan fingerprint density at radius 1 is 1.14 bits per heavy atom. The molecule has 5 heteroatoms. The molecule has 1 amide bonds. The Balaban J connectivity index is 1.61. The van der Waals surface area contributed by atoms with Crippen LogP contribution >= 0.6 is 11.8 Å². The van der Waals surface area contributed by atoms with E-state index in [0.717, 1.165) is 45.8 Å². The highest BCUT2D eigenvalue weighted by Gasteiger charge is 2.16. The lowest BCUT2D eigenvalue weighted by Gasteiger charge is -2.34. The van der Waals surface area contributed by atoms with Gasteiger partial charge in [0.2, 0.25) is 5.91 Å². The molecule has 2 rings (SSSR count). The zero-order valence-electron chi connectivity index (χ0n) is 12.8. The maximum atomic E-state index is 11.4. The molecular weight excluding hydrogens is 282 g/mol. The van der Waals surface area contributed by atoms with Crippen molar-refractivity contribution in [2.75, 3.05) is 51.3 Å². The van der Waals surface area contributed by atoms with E-state index in [4.69, 9.17) is 0 Å². The summed E-state index contributed by atoms with van der Waals surface area (Å²) in [5, 5.41) is 2.97. The number of hydrogen-bond acceptors (Lipinski definition) is 4. The summed E-state index contributed by atoms with van der Waals surface area (Å²) >= 11 is 1.56. The van der Waals surface area contributed by atoms with Gasteiger partial charge in [-0.05, 0) is 11.8 Å². The van der Waals surface area contributed by atoms with Gasteiger partial charge in [0.1, 0.15) is 0 Å². The van der Waals surface area contributed by atoms with E-state index in [1.54, 1.807) is 11.8 Å². The van der Waals surface area contributed by atoms with Crippen LogP contribution in [-0.4, -0.2) is 67.0 Å². The molecule has 0 aromatic heterocycles. The molecule has 1 aliphatic heterocycles. The predicted octanol–water partition coefficient (Wildman–Crippen LogP) is 1.28. The van der Waals surface area contributed by atoms with E-state index in [0.29, 0.717) is 5.75 Å². The first-order valence-corrected chi connectivity index (χ1v) is 8.91. The zero-order valence-corrected chi connectivity index (χ0v) is 13.6. The highest BCUT2D eigenvalue weighted by Crippen LogP contribution is 2.07.